The maximum absolute atomic E-state index is 12.0. The third kappa shape index (κ3) is 2.55. The molecule has 0 saturated carbocycles. The zero-order valence-corrected chi connectivity index (χ0v) is 9.47. The molecule has 0 aliphatic rings. The summed E-state index contributed by atoms with van der Waals surface area (Å²) in [5.74, 6) is -1.87. The van der Waals surface area contributed by atoms with Gasteiger partial charge in [0.15, 0.2) is 5.78 Å². The molecule has 0 bridgehead atoms. The van der Waals surface area contributed by atoms with Crippen LogP contribution in [0.15, 0.2) is 30.3 Å². The van der Waals surface area contributed by atoms with E-state index in [2.05, 4.69) is 0 Å². The molecule has 2 rings (SSSR count). The van der Waals surface area contributed by atoms with Gasteiger partial charge in [0.25, 0.3) is 6.43 Å². The first-order valence-corrected chi connectivity index (χ1v) is 5.72. The van der Waals surface area contributed by atoms with Crippen molar-refractivity contribution in [3.63, 3.8) is 0 Å². The van der Waals surface area contributed by atoms with Crippen molar-refractivity contribution >= 4 is 33.0 Å². The largest absolute Gasteiger partial charge is 0.296 e. The topological polar surface area (TPSA) is 34.1 Å². The van der Waals surface area contributed by atoms with Gasteiger partial charge in [-0.2, -0.15) is 0 Å². The van der Waals surface area contributed by atoms with Crippen molar-refractivity contribution < 1.29 is 18.4 Å². The lowest BCUT2D eigenvalue weighted by molar-refractivity contribution is -0.128. The Kier molecular flexibility index (Phi) is 3.28. The van der Waals surface area contributed by atoms with Gasteiger partial charge in [-0.3, -0.25) is 9.59 Å². The first-order chi connectivity index (χ1) is 8.08. The summed E-state index contributed by atoms with van der Waals surface area (Å²) >= 11 is 1.21. The van der Waals surface area contributed by atoms with Crippen LogP contribution >= 0.6 is 11.3 Å². The number of alkyl halides is 2. The number of hydrogen-bond acceptors (Lipinski definition) is 3. The Balaban J connectivity index is 2.22. The zero-order chi connectivity index (χ0) is 12.4. The smallest absolute Gasteiger partial charge is 0.293 e. The van der Waals surface area contributed by atoms with Crippen molar-refractivity contribution in [3.8, 4) is 0 Å². The highest BCUT2D eigenvalue weighted by Gasteiger charge is 2.21. The minimum Gasteiger partial charge on any atom is -0.293 e. The van der Waals surface area contributed by atoms with E-state index in [-0.39, 0.29) is 0 Å². The van der Waals surface area contributed by atoms with Gasteiger partial charge in [0.1, 0.15) is 0 Å². The molecule has 0 amide bonds. The highest BCUT2D eigenvalue weighted by molar-refractivity contribution is 7.20. The number of ketones is 2. The highest BCUT2D eigenvalue weighted by atomic mass is 32.1. The Morgan fingerprint density at radius 3 is 2.59 bits per heavy atom. The van der Waals surface area contributed by atoms with Gasteiger partial charge in [0.2, 0.25) is 5.78 Å². The zero-order valence-electron chi connectivity index (χ0n) is 8.65. The molecule has 17 heavy (non-hydrogen) atoms. The van der Waals surface area contributed by atoms with Gasteiger partial charge in [0, 0.05) is 4.70 Å². The fourth-order valence-electron chi connectivity index (χ4n) is 1.44. The van der Waals surface area contributed by atoms with E-state index in [1.165, 1.54) is 11.3 Å². The summed E-state index contributed by atoms with van der Waals surface area (Å²) in [6, 6.07) is 8.95. The van der Waals surface area contributed by atoms with Crippen LogP contribution in [0.1, 0.15) is 16.1 Å². The van der Waals surface area contributed by atoms with E-state index in [0.29, 0.717) is 4.88 Å². The molecule has 2 aromatic rings. The fraction of sp³-hybridized carbons (Fsp3) is 0.167. The number of halogens is 2. The molecular formula is C12H8F2O2S. The van der Waals surface area contributed by atoms with E-state index in [9.17, 15) is 18.4 Å². The van der Waals surface area contributed by atoms with Gasteiger partial charge in [-0.05, 0) is 17.5 Å². The molecule has 1 heterocycles. The first kappa shape index (κ1) is 11.9. The Labute approximate surface area is 99.9 Å². The number of rotatable bonds is 4. The average Bonchev–Trinajstić information content (AvgIpc) is 2.72. The number of Topliss-reactive ketones (excluding diaryl/α,β-unsaturated/α-hetero) is 2. The SMILES string of the molecule is O=C(CC(=O)C(F)F)c1cc2ccccc2s1. The van der Waals surface area contributed by atoms with Crippen LogP contribution in [0, 0.1) is 0 Å². The quantitative estimate of drug-likeness (QED) is 0.619. The van der Waals surface area contributed by atoms with Crippen molar-refractivity contribution in [2.24, 2.45) is 0 Å². The minimum atomic E-state index is -3.08. The van der Waals surface area contributed by atoms with Gasteiger partial charge < -0.3 is 0 Å². The molecule has 0 saturated heterocycles. The number of carbonyl (C=O) groups is 2. The van der Waals surface area contributed by atoms with Crippen LogP contribution in [0.4, 0.5) is 8.78 Å². The minimum absolute atomic E-state index is 0.347. The molecular weight excluding hydrogens is 246 g/mol. The Morgan fingerprint density at radius 1 is 1.24 bits per heavy atom. The van der Waals surface area contributed by atoms with Crippen molar-refractivity contribution in [1.82, 2.24) is 0 Å². The standard InChI is InChI=1S/C12H8F2O2S/c13-12(14)9(16)6-8(15)11-5-7-3-1-2-4-10(7)17-11/h1-5,12H,6H2. The lowest BCUT2D eigenvalue weighted by atomic mass is 10.1. The molecule has 0 fully saturated rings. The summed E-state index contributed by atoms with van der Waals surface area (Å²) in [5.41, 5.74) is 0. The molecule has 1 aromatic carbocycles. The lowest BCUT2D eigenvalue weighted by Gasteiger charge is -1.96. The van der Waals surface area contributed by atoms with Crippen LogP contribution in [0.25, 0.3) is 10.1 Å². The summed E-state index contributed by atoms with van der Waals surface area (Å²) in [6.45, 7) is 0. The fourth-order valence-corrected chi connectivity index (χ4v) is 2.44. The molecule has 0 unspecified atom stereocenters. The Hall–Kier alpha value is -1.62. The van der Waals surface area contributed by atoms with Crippen molar-refractivity contribution in [2.75, 3.05) is 0 Å². The van der Waals surface area contributed by atoms with Crippen molar-refractivity contribution in [2.45, 2.75) is 12.8 Å². The van der Waals surface area contributed by atoms with Gasteiger partial charge in [-0.25, -0.2) is 8.78 Å². The normalized spacial score (nSPS) is 11.0. The lowest BCUT2D eigenvalue weighted by Crippen LogP contribution is -2.14. The predicted molar refractivity (Wildman–Crippen MR) is 61.8 cm³/mol. The van der Waals surface area contributed by atoms with Crippen LogP contribution in [-0.2, 0) is 4.79 Å². The second-order valence-electron chi connectivity index (χ2n) is 3.52. The summed E-state index contributed by atoms with van der Waals surface area (Å²) in [7, 11) is 0. The summed E-state index contributed by atoms with van der Waals surface area (Å²) < 4.78 is 24.9. The molecule has 0 atom stereocenters. The maximum Gasteiger partial charge on any atom is 0.296 e. The number of fused-ring (bicyclic) bond motifs is 1. The van der Waals surface area contributed by atoms with E-state index < -0.39 is 24.4 Å². The molecule has 88 valence electrons. The summed E-state index contributed by atoms with van der Waals surface area (Å²) in [5, 5.41) is 0.880. The van der Waals surface area contributed by atoms with E-state index in [1.54, 1.807) is 6.07 Å². The highest BCUT2D eigenvalue weighted by Crippen LogP contribution is 2.26. The van der Waals surface area contributed by atoms with Crippen molar-refractivity contribution in [1.29, 1.82) is 0 Å². The van der Waals surface area contributed by atoms with Crippen LogP contribution in [-0.4, -0.2) is 18.0 Å². The van der Waals surface area contributed by atoms with E-state index in [0.717, 1.165) is 10.1 Å². The molecule has 0 aliphatic carbocycles. The third-order valence-corrected chi connectivity index (χ3v) is 3.44. The number of thiophene rings is 1. The first-order valence-electron chi connectivity index (χ1n) is 4.90. The Bertz CT molecular complexity index is 542. The molecule has 5 heteroatoms. The molecule has 2 nitrogen and oxygen atoms in total. The van der Waals surface area contributed by atoms with Gasteiger partial charge in [-0.1, -0.05) is 18.2 Å². The van der Waals surface area contributed by atoms with Crippen LogP contribution in [0.2, 0.25) is 0 Å². The maximum atomic E-state index is 12.0. The summed E-state index contributed by atoms with van der Waals surface area (Å²) in [4.78, 5) is 22.7. The molecule has 0 N–H and O–H groups in total. The van der Waals surface area contributed by atoms with Crippen LogP contribution < -0.4 is 0 Å². The van der Waals surface area contributed by atoms with Crippen molar-refractivity contribution in [3.05, 3.63) is 35.2 Å². The number of carbonyl (C=O) groups excluding carboxylic acids is 2. The third-order valence-electron chi connectivity index (χ3n) is 2.28. The molecule has 0 spiro atoms. The van der Waals surface area contributed by atoms with E-state index in [4.69, 9.17) is 0 Å². The van der Waals surface area contributed by atoms with Gasteiger partial charge >= 0.3 is 0 Å². The second-order valence-corrected chi connectivity index (χ2v) is 4.60. The average molecular weight is 254 g/mol. The number of hydrogen-bond donors (Lipinski definition) is 0. The van der Waals surface area contributed by atoms with Crippen LogP contribution in [0.5, 0.6) is 0 Å². The van der Waals surface area contributed by atoms with E-state index in [1.807, 2.05) is 24.3 Å². The number of benzene rings is 1. The second kappa shape index (κ2) is 4.71. The predicted octanol–water partition coefficient (Wildman–Crippen LogP) is 3.31. The summed E-state index contributed by atoms with van der Waals surface area (Å²) in [6.07, 6.45) is -3.81. The monoisotopic (exact) mass is 254 g/mol. The Morgan fingerprint density at radius 2 is 1.94 bits per heavy atom. The van der Waals surface area contributed by atoms with Gasteiger partial charge in [-0.15, -0.1) is 11.3 Å². The molecule has 1 aromatic heterocycles. The van der Waals surface area contributed by atoms with E-state index >= 15 is 0 Å². The van der Waals surface area contributed by atoms with Gasteiger partial charge in [0.05, 0.1) is 11.3 Å². The van der Waals surface area contributed by atoms with Crippen LogP contribution in [0.3, 0.4) is 0 Å². The molecule has 0 aliphatic heterocycles. The molecule has 0 radical (unpaired) electrons.